The lowest BCUT2D eigenvalue weighted by Gasteiger charge is -2.08. The number of nitrogens with one attached hydrogen (secondary N) is 1. The molecule has 1 rings (SSSR count). The lowest BCUT2D eigenvalue weighted by Crippen LogP contribution is -2.26. The highest BCUT2D eigenvalue weighted by Gasteiger charge is 2.06. The van der Waals surface area contributed by atoms with Gasteiger partial charge in [-0.1, -0.05) is 0 Å². The molecule has 1 heterocycles. The fourth-order valence-electron chi connectivity index (χ4n) is 1.43. The van der Waals surface area contributed by atoms with Crippen molar-refractivity contribution in [2.24, 2.45) is 7.05 Å². The Hall–Kier alpha value is -1.36. The van der Waals surface area contributed by atoms with Crippen LogP contribution in [-0.2, 0) is 23.1 Å². The minimum atomic E-state index is -0.225. The Kier molecular flexibility index (Phi) is 4.49. The lowest BCUT2D eigenvalue weighted by molar-refractivity contribution is -0.146. The van der Waals surface area contributed by atoms with E-state index in [1.165, 1.54) is 0 Å². The van der Waals surface area contributed by atoms with Crippen molar-refractivity contribution in [3.8, 4) is 0 Å². The van der Waals surface area contributed by atoms with Crippen LogP contribution in [0.3, 0.4) is 0 Å². The zero-order valence-electron chi connectivity index (χ0n) is 10.3. The highest BCUT2D eigenvalue weighted by atomic mass is 16.5. The van der Waals surface area contributed by atoms with Crippen molar-refractivity contribution < 1.29 is 9.53 Å². The molecular formula is C11H19N3O2. The van der Waals surface area contributed by atoms with Crippen LogP contribution in [0.25, 0.3) is 0 Å². The molecule has 16 heavy (non-hydrogen) atoms. The Labute approximate surface area is 95.8 Å². The van der Waals surface area contributed by atoms with E-state index >= 15 is 0 Å². The molecule has 0 unspecified atom stereocenters. The van der Waals surface area contributed by atoms with Crippen molar-refractivity contribution >= 4 is 5.97 Å². The Bertz CT molecular complexity index is 358. The van der Waals surface area contributed by atoms with E-state index < -0.39 is 0 Å². The van der Waals surface area contributed by atoms with Gasteiger partial charge in [0, 0.05) is 25.4 Å². The van der Waals surface area contributed by atoms with E-state index in [1.54, 1.807) is 4.68 Å². The topological polar surface area (TPSA) is 56.2 Å². The van der Waals surface area contributed by atoms with Gasteiger partial charge in [0.1, 0.15) is 0 Å². The van der Waals surface area contributed by atoms with E-state index in [4.69, 9.17) is 4.74 Å². The fourth-order valence-corrected chi connectivity index (χ4v) is 1.43. The van der Waals surface area contributed by atoms with E-state index in [0.717, 1.165) is 11.3 Å². The summed E-state index contributed by atoms with van der Waals surface area (Å²) in [5, 5.41) is 7.25. The van der Waals surface area contributed by atoms with Gasteiger partial charge in [0.05, 0.1) is 18.3 Å². The van der Waals surface area contributed by atoms with Gasteiger partial charge in [-0.15, -0.1) is 0 Å². The van der Waals surface area contributed by atoms with Crippen LogP contribution in [0.4, 0.5) is 0 Å². The molecule has 5 nitrogen and oxygen atoms in total. The van der Waals surface area contributed by atoms with Crippen molar-refractivity contribution in [1.82, 2.24) is 15.1 Å². The molecule has 0 aromatic carbocycles. The van der Waals surface area contributed by atoms with Gasteiger partial charge in [0.2, 0.25) is 0 Å². The highest BCUT2D eigenvalue weighted by Crippen LogP contribution is 2.03. The lowest BCUT2D eigenvalue weighted by atomic mass is 10.2. The van der Waals surface area contributed by atoms with Crippen LogP contribution in [0, 0.1) is 6.92 Å². The average molecular weight is 225 g/mol. The molecule has 1 aromatic rings. The third-order valence-electron chi connectivity index (χ3n) is 2.07. The Morgan fingerprint density at radius 2 is 2.31 bits per heavy atom. The molecule has 0 atom stereocenters. The molecule has 0 bridgehead atoms. The number of aromatic nitrogens is 2. The second-order valence-electron chi connectivity index (χ2n) is 4.06. The second-order valence-corrected chi connectivity index (χ2v) is 4.06. The first-order valence-electron chi connectivity index (χ1n) is 5.38. The molecule has 0 radical (unpaired) electrons. The molecule has 5 heteroatoms. The first-order chi connectivity index (χ1) is 7.49. The first kappa shape index (κ1) is 12.7. The molecule has 0 aliphatic rings. The average Bonchev–Trinajstić information content (AvgIpc) is 2.44. The molecule has 90 valence electrons. The third-order valence-corrected chi connectivity index (χ3v) is 2.07. The number of ether oxygens (including phenoxy) is 1. The predicted molar refractivity (Wildman–Crippen MR) is 60.9 cm³/mol. The van der Waals surface area contributed by atoms with Crippen LogP contribution in [0.5, 0.6) is 0 Å². The number of rotatable bonds is 5. The summed E-state index contributed by atoms with van der Waals surface area (Å²) in [6.45, 7) is 6.48. The summed E-state index contributed by atoms with van der Waals surface area (Å²) in [6.07, 6.45) is 1.88. The first-order valence-corrected chi connectivity index (χ1v) is 5.38. The van der Waals surface area contributed by atoms with Crippen molar-refractivity contribution in [1.29, 1.82) is 0 Å². The summed E-state index contributed by atoms with van der Waals surface area (Å²) >= 11 is 0. The summed E-state index contributed by atoms with van der Waals surface area (Å²) < 4.78 is 6.76. The standard InChI is InChI=1S/C11H19N3O2/c1-8(2)16-11(15)6-12-5-10-7-14(4)13-9(10)3/h7-8,12H,5-6H2,1-4H3. The maximum absolute atomic E-state index is 11.2. The summed E-state index contributed by atoms with van der Waals surface area (Å²) in [6, 6.07) is 0. The minimum absolute atomic E-state index is 0.0607. The summed E-state index contributed by atoms with van der Waals surface area (Å²) in [5.74, 6) is -0.225. The van der Waals surface area contributed by atoms with Crippen LogP contribution in [-0.4, -0.2) is 28.4 Å². The predicted octanol–water partition coefficient (Wildman–Crippen LogP) is 0.770. The van der Waals surface area contributed by atoms with Crippen molar-refractivity contribution in [2.45, 2.75) is 33.4 Å². The molecule has 0 aliphatic heterocycles. The highest BCUT2D eigenvalue weighted by molar-refractivity contribution is 5.71. The molecule has 0 spiro atoms. The van der Waals surface area contributed by atoms with Gasteiger partial charge < -0.3 is 10.1 Å². The van der Waals surface area contributed by atoms with Gasteiger partial charge >= 0.3 is 5.97 Å². The van der Waals surface area contributed by atoms with Crippen LogP contribution >= 0.6 is 0 Å². The molecule has 1 aromatic heterocycles. The molecule has 0 aliphatic carbocycles. The van der Waals surface area contributed by atoms with Crippen LogP contribution < -0.4 is 5.32 Å². The van der Waals surface area contributed by atoms with E-state index in [1.807, 2.05) is 34.0 Å². The minimum Gasteiger partial charge on any atom is -0.462 e. The quantitative estimate of drug-likeness (QED) is 0.752. The normalized spacial score (nSPS) is 10.8. The molecular weight excluding hydrogens is 206 g/mol. The fraction of sp³-hybridized carbons (Fsp3) is 0.636. The van der Waals surface area contributed by atoms with Gasteiger partial charge in [-0.25, -0.2) is 0 Å². The zero-order valence-corrected chi connectivity index (χ0v) is 10.3. The largest absolute Gasteiger partial charge is 0.462 e. The third kappa shape index (κ3) is 4.02. The van der Waals surface area contributed by atoms with Crippen LogP contribution in [0.2, 0.25) is 0 Å². The molecule has 0 saturated heterocycles. The van der Waals surface area contributed by atoms with Gasteiger partial charge in [-0.05, 0) is 20.8 Å². The number of nitrogens with zero attached hydrogens (tertiary/aromatic N) is 2. The number of carbonyl (C=O) groups excluding carboxylic acids is 1. The van der Waals surface area contributed by atoms with Crippen LogP contribution in [0.15, 0.2) is 6.20 Å². The van der Waals surface area contributed by atoms with E-state index in [-0.39, 0.29) is 18.6 Å². The van der Waals surface area contributed by atoms with Crippen LogP contribution in [0.1, 0.15) is 25.1 Å². The second kappa shape index (κ2) is 5.65. The number of aryl methyl sites for hydroxylation is 2. The number of hydrogen-bond donors (Lipinski definition) is 1. The van der Waals surface area contributed by atoms with Crippen molar-refractivity contribution in [3.63, 3.8) is 0 Å². The van der Waals surface area contributed by atoms with Gasteiger partial charge in [-0.3, -0.25) is 9.48 Å². The molecule has 1 N–H and O–H groups in total. The summed E-state index contributed by atoms with van der Waals surface area (Å²) in [7, 11) is 1.88. The molecule has 0 amide bonds. The van der Waals surface area contributed by atoms with E-state index in [2.05, 4.69) is 10.4 Å². The number of carbonyl (C=O) groups is 1. The van der Waals surface area contributed by atoms with Crippen molar-refractivity contribution in [3.05, 3.63) is 17.5 Å². The van der Waals surface area contributed by atoms with Crippen molar-refractivity contribution in [2.75, 3.05) is 6.54 Å². The summed E-state index contributed by atoms with van der Waals surface area (Å²) in [4.78, 5) is 11.2. The zero-order chi connectivity index (χ0) is 12.1. The number of esters is 1. The molecule has 0 fully saturated rings. The van der Waals surface area contributed by atoms with Gasteiger partial charge in [0.25, 0.3) is 0 Å². The number of hydrogen-bond acceptors (Lipinski definition) is 4. The maximum atomic E-state index is 11.2. The Morgan fingerprint density at radius 3 is 2.81 bits per heavy atom. The smallest absolute Gasteiger partial charge is 0.320 e. The summed E-state index contributed by atoms with van der Waals surface area (Å²) in [5.41, 5.74) is 2.08. The SMILES string of the molecule is Cc1nn(C)cc1CNCC(=O)OC(C)C. The monoisotopic (exact) mass is 225 g/mol. The Morgan fingerprint density at radius 1 is 1.62 bits per heavy atom. The van der Waals surface area contributed by atoms with E-state index in [9.17, 15) is 4.79 Å². The Balaban J connectivity index is 2.30. The van der Waals surface area contributed by atoms with E-state index in [0.29, 0.717) is 6.54 Å². The van der Waals surface area contributed by atoms with Gasteiger partial charge in [0.15, 0.2) is 0 Å². The molecule has 0 saturated carbocycles. The maximum Gasteiger partial charge on any atom is 0.320 e. The van der Waals surface area contributed by atoms with Gasteiger partial charge in [-0.2, -0.15) is 5.10 Å².